The lowest BCUT2D eigenvalue weighted by molar-refractivity contribution is -0.113. The predicted molar refractivity (Wildman–Crippen MR) is 119 cm³/mol. The molecule has 2 aromatic heterocycles. The Bertz CT molecular complexity index is 1310. The lowest BCUT2D eigenvalue weighted by Crippen LogP contribution is -2.19. The first-order valence-electron chi connectivity index (χ1n) is 9.08. The van der Waals surface area contributed by atoms with Crippen molar-refractivity contribution >= 4 is 46.0 Å². The highest BCUT2D eigenvalue weighted by Gasteiger charge is 2.14. The van der Waals surface area contributed by atoms with Gasteiger partial charge in [-0.2, -0.15) is 0 Å². The van der Waals surface area contributed by atoms with Gasteiger partial charge in [0.25, 0.3) is 0 Å². The van der Waals surface area contributed by atoms with Crippen LogP contribution in [0.4, 0.5) is 5.69 Å². The zero-order chi connectivity index (χ0) is 21.4. The van der Waals surface area contributed by atoms with Crippen molar-refractivity contribution in [3.8, 4) is 11.4 Å². The van der Waals surface area contributed by atoms with Gasteiger partial charge in [-0.3, -0.25) is 13.9 Å². The summed E-state index contributed by atoms with van der Waals surface area (Å²) in [7, 11) is 5.28. The van der Waals surface area contributed by atoms with Gasteiger partial charge < -0.3 is 9.88 Å². The lowest BCUT2D eigenvalue weighted by Gasteiger charge is -2.06. The van der Waals surface area contributed by atoms with Gasteiger partial charge in [-0.15, -0.1) is 10.2 Å². The molecule has 0 radical (unpaired) electrons. The zero-order valence-corrected chi connectivity index (χ0v) is 18.2. The van der Waals surface area contributed by atoms with Gasteiger partial charge >= 0.3 is 5.69 Å². The van der Waals surface area contributed by atoms with Crippen LogP contribution in [0.2, 0.25) is 5.02 Å². The van der Waals surface area contributed by atoms with Gasteiger partial charge in [0.2, 0.25) is 5.91 Å². The van der Waals surface area contributed by atoms with Crippen molar-refractivity contribution in [3.63, 3.8) is 0 Å². The molecule has 0 aliphatic carbocycles. The van der Waals surface area contributed by atoms with E-state index in [2.05, 4.69) is 15.5 Å². The summed E-state index contributed by atoms with van der Waals surface area (Å²) in [6.45, 7) is 0. The van der Waals surface area contributed by atoms with Crippen LogP contribution in [-0.2, 0) is 25.9 Å². The van der Waals surface area contributed by atoms with Crippen molar-refractivity contribution in [2.75, 3.05) is 11.1 Å². The molecule has 1 N–H and O–H groups in total. The molecule has 0 atom stereocenters. The van der Waals surface area contributed by atoms with Crippen LogP contribution in [0, 0.1) is 0 Å². The summed E-state index contributed by atoms with van der Waals surface area (Å²) in [5.74, 6) is 0.708. The fraction of sp³-hybridized carbons (Fsp3) is 0.200. The van der Waals surface area contributed by atoms with Crippen LogP contribution in [0.1, 0.15) is 0 Å². The van der Waals surface area contributed by atoms with Crippen molar-refractivity contribution in [1.82, 2.24) is 23.9 Å². The molecule has 0 saturated heterocycles. The Morgan fingerprint density at radius 3 is 2.43 bits per heavy atom. The van der Waals surface area contributed by atoms with Gasteiger partial charge in [0.15, 0.2) is 11.0 Å². The molecule has 0 bridgehead atoms. The Labute approximate surface area is 181 Å². The number of nitrogens with zero attached hydrogens (tertiary/aromatic N) is 5. The van der Waals surface area contributed by atoms with Gasteiger partial charge in [0.05, 0.1) is 16.8 Å². The number of thioether (sulfide) groups is 1. The van der Waals surface area contributed by atoms with E-state index in [1.165, 1.54) is 11.8 Å². The number of halogens is 1. The maximum absolute atomic E-state index is 12.4. The SMILES string of the molecule is Cn1c(SCC(=O)Nc2ccc3c(c2)n(C)c(=O)n3C)nnc1-c1ccc(Cl)cc1. The second kappa shape index (κ2) is 8.00. The van der Waals surface area contributed by atoms with Gasteiger partial charge in [-0.05, 0) is 42.5 Å². The number of nitrogens with one attached hydrogen (secondary N) is 1. The van der Waals surface area contributed by atoms with Crippen LogP contribution < -0.4 is 11.0 Å². The average Bonchev–Trinajstić information content (AvgIpc) is 3.20. The molecule has 2 aromatic carbocycles. The van der Waals surface area contributed by atoms with Crippen LogP contribution >= 0.6 is 23.4 Å². The quantitative estimate of drug-likeness (QED) is 0.480. The summed E-state index contributed by atoms with van der Waals surface area (Å²) in [4.78, 5) is 24.5. The Balaban J connectivity index is 1.44. The molecule has 0 unspecified atom stereocenters. The first kappa shape index (κ1) is 20.2. The van der Waals surface area contributed by atoms with E-state index < -0.39 is 0 Å². The number of fused-ring (bicyclic) bond motifs is 1. The molecule has 30 heavy (non-hydrogen) atoms. The third-order valence-electron chi connectivity index (χ3n) is 4.83. The van der Waals surface area contributed by atoms with Gasteiger partial charge in [-0.25, -0.2) is 4.79 Å². The fourth-order valence-electron chi connectivity index (χ4n) is 3.20. The summed E-state index contributed by atoms with van der Waals surface area (Å²) < 4.78 is 4.97. The molecule has 1 amide bonds. The van der Waals surface area contributed by atoms with Crippen LogP contribution in [0.25, 0.3) is 22.4 Å². The van der Waals surface area contributed by atoms with Crippen LogP contribution in [-0.4, -0.2) is 35.6 Å². The summed E-state index contributed by atoms with van der Waals surface area (Å²) in [5.41, 5.74) is 2.99. The molecule has 0 fully saturated rings. The normalized spacial score (nSPS) is 11.2. The van der Waals surface area contributed by atoms with Gasteiger partial charge in [-0.1, -0.05) is 23.4 Å². The molecule has 10 heteroatoms. The Kier molecular flexibility index (Phi) is 5.40. The maximum Gasteiger partial charge on any atom is 0.328 e. The monoisotopic (exact) mass is 442 g/mol. The van der Waals surface area contributed by atoms with E-state index in [9.17, 15) is 9.59 Å². The number of benzene rings is 2. The van der Waals surface area contributed by atoms with E-state index in [1.54, 1.807) is 47.5 Å². The second-order valence-electron chi connectivity index (χ2n) is 6.81. The predicted octanol–water partition coefficient (Wildman–Crippen LogP) is 3.06. The smallest absolute Gasteiger partial charge is 0.325 e. The van der Waals surface area contributed by atoms with E-state index >= 15 is 0 Å². The molecule has 8 nitrogen and oxygen atoms in total. The molecule has 2 heterocycles. The Morgan fingerprint density at radius 2 is 1.70 bits per heavy atom. The third-order valence-corrected chi connectivity index (χ3v) is 6.10. The van der Waals surface area contributed by atoms with Gasteiger partial charge in [0.1, 0.15) is 0 Å². The van der Waals surface area contributed by atoms with E-state index in [0.29, 0.717) is 21.7 Å². The minimum Gasteiger partial charge on any atom is -0.325 e. The number of rotatable bonds is 5. The first-order chi connectivity index (χ1) is 14.3. The van der Waals surface area contributed by atoms with Crippen molar-refractivity contribution in [2.45, 2.75) is 5.16 Å². The number of aromatic nitrogens is 5. The van der Waals surface area contributed by atoms with Crippen molar-refractivity contribution in [1.29, 1.82) is 0 Å². The zero-order valence-electron chi connectivity index (χ0n) is 16.6. The minimum atomic E-state index is -0.170. The summed E-state index contributed by atoms with van der Waals surface area (Å²) in [6, 6.07) is 12.7. The molecule has 0 aliphatic heterocycles. The van der Waals surface area contributed by atoms with E-state index in [4.69, 9.17) is 11.6 Å². The van der Waals surface area contributed by atoms with E-state index in [1.807, 2.05) is 29.8 Å². The number of carbonyl (C=O) groups excluding carboxylic acids is 1. The highest BCUT2D eigenvalue weighted by molar-refractivity contribution is 7.99. The van der Waals surface area contributed by atoms with Crippen molar-refractivity contribution in [3.05, 3.63) is 58.0 Å². The molecule has 4 aromatic rings. The average molecular weight is 443 g/mol. The number of carbonyl (C=O) groups is 1. The topological polar surface area (TPSA) is 86.7 Å². The van der Waals surface area contributed by atoms with E-state index in [-0.39, 0.29) is 17.3 Å². The molecule has 154 valence electrons. The van der Waals surface area contributed by atoms with Crippen LogP contribution in [0.3, 0.4) is 0 Å². The number of anilines is 1. The Hall–Kier alpha value is -3.04. The standard InChI is InChI=1S/C20H19ClN6O2S/c1-25-15-9-8-14(10-16(15)26(2)20(25)29)22-17(28)11-30-19-24-23-18(27(19)3)12-4-6-13(21)7-5-12/h4-10H,11H2,1-3H3,(H,22,28). The number of amides is 1. The molecular weight excluding hydrogens is 424 g/mol. The van der Waals surface area contributed by atoms with Crippen molar-refractivity contribution in [2.24, 2.45) is 21.1 Å². The molecule has 0 aliphatic rings. The van der Waals surface area contributed by atoms with Crippen LogP contribution in [0.15, 0.2) is 52.4 Å². The first-order valence-corrected chi connectivity index (χ1v) is 10.4. The number of imidazole rings is 1. The number of aryl methyl sites for hydroxylation is 2. The molecule has 4 rings (SSSR count). The largest absolute Gasteiger partial charge is 0.328 e. The summed E-state index contributed by atoms with van der Waals surface area (Å²) >= 11 is 7.23. The highest BCUT2D eigenvalue weighted by atomic mass is 35.5. The molecular formula is C20H19ClN6O2S. The summed E-state index contributed by atoms with van der Waals surface area (Å²) in [5, 5.41) is 12.6. The lowest BCUT2D eigenvalue weighted by atomic mass is 10.2. The Morgan fingerprint density at radius 1 is 1.00 bits per heavy atom. The van der Waals surface area contributed by atoms with Crippen LogP contribution in [0.5, 0.6) is 0 Å². The maximum atomic E-state index is 12.4. The van der Waals surface area contributed by atoms with E-state index in [0.717, 1.165) is 16.6 Å². The minimum absolute atomic E-state index is 0.109. The summed E-state index contributed by atoms with van der Waals surface area (Å²) in [6.07, 6.45) is 0. The number of hydrogen-bond acceptors (Lipinski definition) is 5. The van der Waals surface area contributed by atoms with Gasteiger partial charge in [0, 0.05) is 37.4 Å². The number of hydrogen-bond donors (Lipinski definition) is 1. The highest BCUT2D eigenvalue weighted by Crippen LogP contribution is 2.24. The fourth-order valence-corrected chi connectivity index (χ4v) is 4.04. The molecule has 0 saturated carbocycles. The second-order valence-corrected chi connectivity index (χ2v) is 8.19. The van der Waals surface area contributed by atoms with Crippen molar-refractivity contribution < 1.29 is 4.79 Å². The molecule has 0 spiro atoms. The third kappa shape index (κ3) is 3.73.